The number of carbonyl (C=O) groups is 1. The van der Waals surface area contributed by atoms with Gasteiger partial charge in [-0.3, -0.25) is 4.79 Å². The third-order valence-electron chi connectivity index (χ3n) is 6.08. The summed E-state index contributed by atoms with van der Waals surface area (Å²) < 4.78 is 40.6. The maximum Gasteiger partial charge on any atom is 0.416 e. The van der Waals surface area contributed by atoms with Crippen molar-refractivity contribution >= 4 is 39.3 Å². The summed E-state index contributed by atoms with van der Waals surface area (Å²) in [4.78, 5) is 13.7. The monoisotopic (exact) mass is 504 g/mol. The molecule has 0 unspecified atom stereocenters. The average molecular weight is 505 g/mol. The molecule has 0 saturated heterocycles. The molecule has 0 atom stereocenters. The molecule has 0 aliphatic rings. The quantitative estimate of drug-likeness (QED) is 0.232. The number of benzene rings is 4. The summed E-state index contributed by atoms with van der Waals surface area (Å²) in [6.45, 7) is 1.06. The molecule has 0 bridgehead atoms. The number of hydrogen-bond acceptors (Lipinski definition) is 2. The first-order valence-corrected chi connectivity index (χ1v) is 12.5. The minimum absolute atomic E-state index is 0.117. The van der Waals surface area contributed by atoms with Crippen LogP contribution in [-0.4, -0.2) is 17.0 Å². The highest BCUT2D eigenvalue weighted by molar-refractivity contribution is 7.98. The van der Waals surface area contributed by atoms with Crippen LogP contribution in [0, 0.1) is 0 Å². The highest BCUT2D eigenvalue weighted by Gasteiger charge is 2.29. The normalized spacial score (nSPS) is 11.8. The van der Waals surface area contributed by atoms with Crippen molar-refractivity contribution < 1.29 is 18.0 Å². The number of rotatable bonds is 7. The van der Waals surface area contributed by atoms with Crippen LogP contribution >= 0.6 is 11.8 Å². The molecule has 0 radical (unpaired) electrons. The van der Waals surface area contributed by atoms with Crippen LogP contribution in [0.25, 0.3) is 21.7 Å². The zero-order valence-corrected chi connectivity index (χ0v) is 20.1. The number of carbonyl (C=O) groups excluding carboxylic acids is 1. The van der Waals surface area contributed by atoms with Crippen molar-refractivity contribution in [3.8, 4) is 0 Å². The van der Waals surface area contributed by atoms with E-state index in [0.717, 1.165) is 44.3 Å². The molecule has 0 aliphatic carbocycles. The maximum absolute atomic E-state index is 12.8. The van der Waals surface area contributed by atoms with Crippen LogP contribution in [0.3, 0.4) is 0 Å². The number of fused-ring (bicyclic) bond motifs is 2. The van der Waals surface area contributed by atoms with E-state index < -0.39 is 11.7 Å². The van der Waals surface area contributed by atoms with E-state index in [1.807, 2.05) is 72.9 Å². The number of thioether (sulfide) groups is 1. The lowest BCUT2D eigenvalue weighted by Crippen LogP contribution is -2.27. The van der Waals surface area contributed by atoms with Crippen molar-refractivity contribution in [1.82, 2.24) is 9.88 Å². The summed E-state index contributed by atoms with van der Waals surface area (Å²) in [5.74, 6) is 0.444. The Morgan fingerprint density at radius 1 is 0.861 bits per heavy atom. The molecule has 1 aromatic heterocycles. The second-order valence-electron chi connectivity index (χ2n) is 8.51. The molecule has 182 valence electrons. The summed E-state index contributed by atoms with van der Waals surface area (Å²) in [7, 11) is 0. The van der Waals surface area contributed by atoms with Gasteiger partial charge in [-0.1, -0.05) is 60.7 Å². The summed E-state index contributed by atoms with van der Waals surface area (Å²) in [5, 5.41) is 6.20. The van der Waals surface area contributed by atoms with Gasteiger partial charge in [-0.05, 0) is 46.7 Å². The zero-order valence-electron chi connectivity index (χ0n) is 19.3. The third-order valence-corrected chi connectivity index (χ3v) is 7.19. The Bertz CT molecular complexity index is 1520. The number of nitrogens with zero attached hydrogens (tertiary/aromatic N) is 1. The van der Waals surface area contributed by atoms with Crippen molar-refractivity contribution in [1.29, 1.82) is 0 Å². The van der Waals surface area contributed by atoms with Gasteiger partial charge in [-0.15, -0.1) is 11.8 Å². The molecule has 0 saturated carbocycles. The molecule has 3 nitrogen and oxygen atoms in total. The van der Waals surface area contributed by atoms with Gasteiger partial charge in [0.1, 0.15) is 0 Å². The molecule has 0 spiro atoms. The minimum atomic E-state index is -4.33. The number of para-hydroxylation sites is 1. The molecule has 36 heavy (non-hydrogen) atoms. The first-order valence-electron chi connectivity index (χ1n) is 11.5. The zero-order chi connectivity index (χ0) is 25.1. The lowest BCUT2D eigenvalue weighted by atomic mass is 10.1. The fourth-order valence-corrected chi connectivity index (χ4v) is 5.23. The van der Waals surface area contributed by atoms with E-state index in [1.165, 1.54) is 12.1 Å². The van der Waals surface area contributed by atoms with Crippen molar-refractivity contribution in [3.63, 3.8) is 0 Å². The Morgan fingerprint density at radius 2 is 1.58 bits per heavy atom. The molecule has 0 aliphatic heterocycles. The molecule has 4 aromatic carbocycles. The molecular weight excluding hydrogens is 481 g/mol. The first kappa shape index (κ1) is 24.0. The summed E-state index contributed by atoms with van der Waals surface area (Å²) in [6.07, 6.45) is -2.29. The fourth-order valence-electron chi connectivity index (χ4n) is 4.19. The smallest absolute Gasteiger partial charge is 0.350 e. The van der Waals surface area contributed by atoms with E-state index >= 15 is 0 Å². The van der Waals surface area contributed by atoms with Crippen molar-refractivity contribution in [2.24, 2.45) is 0 Å². The van der Waals surface area contributed by atoms with Gasteiger partial charge in [0.15, 0.2) is 0 Å². The van der Waals surface area contributed by atoms with Gasteiger partial charge >= 0.3 is 6.18 Å². The SMILES string of the molecule is O=C(NCCn1cc(SCc2ccc(C(F)(F)F)cc2)c2ccccc21)c1ccc2ccccc2c1. The van der Waals surface area contributed by atoms with Crippen molar-refractivity contribution in [2.45, 2.75) is 23.4 Å². The van der Waals surface area contributed by atoms with E-state index in [4.69, 9.17) is 0 Å². The van der Waals surface area contributed by atoms with Gasteiger partial charge in [-0.25, -0.2) is 0 Å². The van der Waals surface area contributed by atoms with Crippen LogP contribution in [0.4, 0.5) is 13.2 Å². The van der Waals surface area contributed by atoms with Crippen LogP contribution in [0.5, 0.6) is 0 Å². The molecule has 7 heteroatoms. The molecule has 1 heterocycles. The Kier molecular flexibility index (Phi) is 6.74. The Morgan fingerprint density at radius 3 is 2.36 bits per heavy atom. The fraction of sp³-hybridized carbons (Fsp3) is 0.138. The molecular formula is C29H23F3N2OS. The number of hydrogen-bond donors (Lipinski definition) is 1. The highest BCUT2D eigenvalue weighted by atomic mass is 32.2. The van der Waals surface area contributed by atoms with E-state index in [2.05, 4.69) is 9.88 Å². The molecule has 0 fully saturated rings. The second-order valence-corrected chi connectivity index (χ2v) is 9.52. The number of nitrogens with one attached hydrogen (secondary N) is 1. The molecule has 1 amide bonds. The Balaban J connectivity index is 1.25. The summed E-state index contributed by atoms with van der Waals surface area (Å²) in [5.41, 5.74) is 1.86. The third kappa shape index (κ3) is 5.26. The molecule has 5 rings (SSSR count). The van der Waals surface area contributed by atoms with Gasteiger partial charge in [0.25, 0.3) is 5.91 Å². The first-order chi connectivity index (χ1) is 17.4. The van der Waals surface area contributed by atoms with E-state index in [9.17, 15) is 18.0 Å². The van der Waals surface area contributed by atoms with Crippen LogP contribution in [0.1, 0.15) is 21.5 Å². The van der Waals surface area contributed by atoms with Gasteiger partial charge in [0, 0.05) is 46.4 Å². The van der Waals surface area contributed by atoms with E-state index in [1.54, 1.807) is 11.8 Å². The van der Waals surface area contributed by atoms with Gasteiger partial charge < -0.3 is 9.88 Å². The number of halogens is 3. The number of aromatic nitrogens is 1. The topological polar surface area (TPSA) is 34.0 Å². The van der Waals surface area contributed by atoms with Gasteiger partial charge in [0.2, 0.25) is 0 Å². The predicted molar refractivity (Wildman–Crippen MR) is 139 cm³/mol. The summed E-state index contributed by atoms with van der Waals surface area (Å²) in [6, 6.07) is 26.9. The van der Waals surface area contributed by atoms with Crippen LogP contribution in [0.15, 0.2) is 102 Å². The number of alkyl halides is 3. The van der Waals surface area contributed by atoms with Crippen molar-refractivity contribution in [3.05, 3.63) is 114 Å². The average Bonchev–Trinajstić information content (AvgIpc) is 3.24. The summed E-state index contributed by atoms with van der Waals surface area (Å²) >= 11 is 1.59. The van der Waals surface area contributed by atoms with Crippen LogP contribution in [0.2, 0.25) is 0 Å². The predicted octanol–water partition coefficient (Wildman–Crippen LogP) is 7.54. The van der Waals surface area contributed by atoms with Crippen LogP contribution in [-0.2, 0) is 18.5 Å². The van der Waals surface area contributed by atoms with Crippen molar-refractivity contribution in [2.75, 3.05) is 6.54 Å². The Labute approximate surface area is 210 Å². The molecule has 5 aromatic rings. The number of amides is 1. The highest BCUT2D eigenvalue weighted by Crippen LogP contribution is 2.33. The van der Waals surface area contributed by atoms with Gasteiger partial charge in [0.05, 0.1) is 5.56 Å². The lowest BCUT2D eigenvalue weighted by Gasteiger charge is -2.08. The lowest BCUT2D eigenvalue weighted by molar-refractivity contribution is -0.137. The standard InChI is InChI=1S/C29H23F3N2OS/c30-29(31,32)24-13-9-20(10-14-24)19-36-27-18-34(26-8-4-3-7-25(26)27)16-15-33-28(35)23-12-11-21-5-1-2-6-22(21)17-23/h1-14,17-18H,15-16,19H2,(H,33,35). The molecule has 1 N–H and O–H groups in total. The minimum Gasteiger partial charge on any atom is -0.350 e. The maximum atomic E-state index is 12.8. The largest absolute Gasteiger partial charge is 0.416 e. The Hall–Kier alpha value is -3.71. The van der Waals surface area contributed by atoms with Crippen LogP contribution < -0.4 is 5.32 Å². The van der Waals surface area contributed by atoms with Gasteiger partial charge in [-0.2, -0.15) is 13.2 Å². The second kappa shape index (κ2) is 10.1. The van der Waals surface area contributed by atoms with E-state index in [-0.39, 0.29) is 5.91 Å². The van der Waals surface area contributed by atoms with E-state index in [0.29, 0.717) is 24.4 Å².